The maximum Gasteiger partial charge on any atom is 0.426 e. The highest BCUT2D eigenvalue weighted by Gasteiger charge is 2.81. The van der Waals surface area contributed by atoms with Crippen LogP contribution in [0.1, 0.15) is 6.42 Å². The number of hydrogen-bond donors (Lipinski definition) is 0. The molecule has 0 heterocycles. The SMILES string of the molecule is COC(CCBr)(C(F)(F)F)C(F)(F)C(F)(F)OC(F)(Cl)C(F)(F)Cl. The molecule has 15 heteroatoms. The third kappa shape index (κ3) is 4.15. The van der Waals surface area contributed by atoms with Gasteiger partial charge >= 0.3 is 28.9 Å². The molecule has 0 aliphatic heterocycles. The van der Waals surface area contributed by atoms with Gasteiger partial charge in [0.15, 0.2) is 0 Å². The number of alkyl halides is 13. The molecule has 0 rings (SSSR count). The zero-order valence-electron chi connectivity index (χ0n) is 11.1. The summed E-state index contributed by atoms with van der Waals surface area (Å²) in [5, 5.41) is -11.8. The average molecular weight is 488 g/mol. The molecular formula is C9H7BrCl2F10O2. The Morgan fingerprint density at radius 2 is 1.29 bits per heavy atom. The Balaban J connectivity index is 6.14. The molecular weight excluding hydrogens is 481 g/mol. The van der Waals surface area contributed by atoms with E-state index >= 15 is 0 Å². The van der Waals surface area contributed by atoms with Gasteiger partial charge in [-0.3, -0.25) is 4.74 Å². The summed E-state index contributed by atoms with van der Waals surface area (Å²) < 4.78 is 138. The van der Waals surface area contributed by atoms with Crippen LogP contribution in [0.5, 0.6) is 0 Å². The van der Waals surface area contributed by atoms with Crippen LogP contribution < -0.4 is 0 Å². The first-order valence-electron chi connectivity index (χ1n) is 5.41. The van der Waals surface area contributed by atoms with Gasteiger partial charge < -0.3 is 4.74 Å². The second-order valence-corrected chi connectivity index (χ2v) is 5.93. The fourth-order valence-corrected chi connectivity index (χ4v) is 2.17. The molecule has 24 heavy (non-hydrogen) atoms. The minimum Gasteiger partial charge on any atom is -0.363 e. The Bertz CT molecular complexity index is 439. The second kappa shape index (κ2) is 7.12. The van der Waals surface area contributed by atoms with Crippen LogP contribution in [-0.2, 0) is 9.47 Å². The molecule has 2 unspecified atom stereocenters. The lowest BCUT2D eigenvalue weighted by Crippen LogP contribution is -2.68. The normalized spacial score (nSPS) is 19.8. The van der Waals surface area contributed by atoms with Crippen LogP contribution in [0, 0.1) is 0 Å². The highest BCUT2D eigenvalue weighted by atomic mass is 79.9. The lowest BCUT2D eigenvalue weighted by molar-refractivity contribution is -0.459. The van der Waals surface area contributed by atoms with E-state index in [1.54, 1.807) is 0 Å². The van der Waals surface area contributed by atoms with Crippen LogP contribution in [0.15, 0.2) is 0 Å². The van der Waals surface area contributed by atoms with Crippen LogP contribution in [0.4, 0.5) is 43.9 Å². The average Bonchev–Trinajstić information content (AvgIpc) is 2.30. The number of ether oxygens (including phenoxy) is 2. The Morgan fingerprint density at radius 3 is 1.54 bits per heavy atom. The molecule has 0 amide bonds. The number of rotatable bonds is 8. The van der Waals surface area contributed by atoms with Crippen LogP contribution in [0.2, 0.25) is 0 Å². The van der Waals surface area contributed by atoms with Crippen molar-refractivity contribution in [2.45, 2.75) is 40.9 Å². The molecule has 0 saturated carbocycles. The zero-order valence-corrected chi connectivity index (χ0v) is 14.2. The molecule has 0 aromatic heterocycles. The first kappa shape index (κ1) is 24.3. The van der Waals surface area contributed by atoms with Gasteiger partial charge in [0.2, 0.25) is 5.60 Å². The maximum absolute atomic E-state index is 13.9. The van der Waals surface area contributed by atoms with Gasteiger partial charge in [0, 0.05) is 18.9 Å². The minimum absolute atomic E-state index is 0.0136. The van der Waals surface area contributed by atoms with Crippen molar-refractivity contribution in [2.75, 3.05) is 12.4 Å². The van der Waals surface area contributed by atoms with Crippen LogP contribution >= 0.6 is 39.1 Å². The van der Waals surface area contributed by atoms with Crippen molar-refractivity contribution in [1.29, 1.82) is 0 Å². The predicted molar refractivity (Wildman–Crippen MR) is 65.7 cm³/mol. The summed E-state index contributed by atoms with van der Waals surface area (Å²) in [6.07, 6.45) is -14.4. The van der Waals surface area contributed by atoms with E-state index in [-0.39, 0.29) is 7.11 Å². The lowest BCUT2D eigenvalue weighted by Gasteiger charge is -2.43. The summed E-state index contributed by atoms with van der Waals surface area (Å²) in [6, 6.07) is 0. The summed E-state index contributed by atoms with van der Waals surface area (Å²) in [7, 11) is 0.0136. The Hall–Kier alpha value is 0.280. The van der Waals surface area contributed by atoms with E-state index in [1.807, 2.05) is 0 Å². The minimum atomic E-state index is -6.49. The third-order valence-corrected chi connectivity index (χ3v) is 3.76. The molecule has 0 bridgehead atoms. The molecule has 0 aromatic carbocycles. The van der Waals surface area contributed by atoms with E-state index in [0.29, 0.717) is 0 Å². The van der Waals surface area contributed by atoms with E-state index in [4.69, 9.17) is 0 Å². The zero-order chi connectivity index (χ0) is 19.8. The highest BCUT2D eigenvalue weighted by molar-refractivity contribution is 9.09. The Kier molecular flexibility index (Phi) is 7.21. The van der Waals surface area contributed by atoms with Gasteiger partial charge in [-0.05, 0) is 23.2 Å². The molecule has 2 atom stereocenters. The van der Waals surface area contributed by atoms with Crippen molar-refractivity contribution >= 4 is 39.1 Å². The van der Waals surface area contributed by atoms with Gasteiger partial charge in [0.1, 0.15) is 0 Å². The van der Waals surface area contributed by atoms with Gasteiger partial charge in [0.05, 0.1) is 0 Å². The van der Waals surface area contributed by atoms with Crippen molar-refractivity contribution in [3.05, 3.63) is 0 Å². The largest absolute Gasteiger partial charge is 0.426 e. The number of halogens is 13. The van der Waals surface area contributed by atoms with E-state index in [1.165, 1.54) is 0 Å². The van der Waals surface area contributed by atoms with Gasteiger partial charge in [-0.15, -0.1) is 0 Å². The van der Waals surface area contributed by atoms with Gasteiger partial charge in [0.25, 0.3) is 0 Å². The molecule has 0 saturated heterocycles. The fourth-order valence-electron chi connectivity index (χ4n) is 1.47. The lowest BCUT2D eigenvalue weighted by atomic mass is 9.90. The fraction of sp³-hybridized carbons (Fsp3) is 1.00. The molecule has 0 aromatic rings. The van der Waals surface area contributed by atoms with Crippen molar-refractivity contribution < 1.29 is 53.4 Å². The number of hydrogen-bond acceptors (Lipinski definition) is 2. The first-order valence-corrected chi connectivity index (χ1v) is 7.29. The number of methoxy groups -OCH3 is 1. The van der Waals surface area contributed by atoms with Crippen LogP contribution in [0.25, 0.3) is 0 Å². The Labute approximate surface area is 146 Å². The summed E-state index contributed by atoms with van der Waals surface area (Å²) in [4.78, 5) is 0. The summed E-state index contributed by atoms with van der Waals surface area (Å²) in [6.45, 7) is 0. The van der Waals surface area contributed by atoms with Crippen molar-refractivity contribution in [3.8, 4) is 0 Å². The van der Waals surface area contributed by atoms with Gasteiger partial charge in [-0.1, -0.05) is 15.9 Å². The van der Waals surface area contributed by atoms with E-state index in [2.05, 4.69) is 48.6 Å². The smallest absolute Gasteiger partial charge is 0.363 e. The van der Waals surface area contributed by atoms with E-state index < -0.39 is 46.3 Å². The van der Waals surface area contributed by atoms with Crippen LogP contribution in [0.3, 0.4) is 0 Å². The summed E-state index contributed by atoms with van der Waals surface area (Å²) in [5.74, 6) is -6.38. The van der Waals surface area contributed by atoms with Crippen molar-refractivity contribution in [1.82, 2.24) is 0 Å². The molecule has 146 valence electrons. The highest BCUT2D eigenvalue weighted by Crippen LogP contribution is 2.56. The van der Waals surface area contributed by atoms with Crippen LogP contribution in [-0.4, -0.2) is 46.9 Å². The molecule has 0 N–H and O–H groups in total. The third-order valence-electron chi connectivity index (χ3n) is 2.71. The molecule has 0 radical (unpaired) electrons. The molecule has 0 spiro atoms. The predicted octanol–water partition coefficient (Wildman–Crippen LogP) is 5.66. The van der Waals surface area contributed by atoms with Crippen molar-refractivity contribution in [3.63, 3.8) is 0 Å². The monoisotopic (exact) mass is 486 g/mol. The standard InChI is InChI=1S/C9H7BrCl2F10O2/c1-23-4(2-3-10,8(18,19)20)5(13,14)9(21,22)24-7(12,17)6(11,15)16/h2-3H2,1H3. The van der Waals surface area contributed by atoms with E-state index in [0.717, 1.165) is 0 Å². The molecule has 2 nitrogen and oxygen atoms in total. The molecule has 0 aliphatic rings. The first-order chi connectivity index (χ1) is 10.3. The van der Waals surface area contributed by atoms with Gasteiger partial charge in [-0.25, -0.2) is 0 Å². The maximum atomic E-state index is 13.9. The van der Waals surface area contributed by atoms with Gasteiger partial charge in [-0.2, -0.15) is 43.9 Å². The van der Waals surface area contributed by atoms with E-state index in [9.17, 15) is 43.9 Å². The second-order valence-electron chi connectivity index (χ2n) is 4.18. The summed E-state index contributed by atoms with van der Waals surface area (Å²) in [5.41, 5.74) is -4.92. The molecule has 0 fully saturated rings. The topological polar surface area (TPSA) is 18.5 Å². The quantitative estimate of drug-likeness (QED) is 0.325. The molecule has 0 aliphatic carbocycles. The Morgan fingerprint density at radius 1 is 0.875 bits per heavy atom. The van der Waals surface area contributed by atoms with Crippen molar-refractivity contribution in [2.24, 2.45) is 0 Å². The summed E-state index contributed by atoms with van der Waals surface area (Å²) >= 11 is 10.5.